The van der Waals surface area contributed by atoms with Gasteiger partial charge in [-0.1, -0.05) is 25.2 Å². The first-order chi connectivity index (χ1) is 11.9. The number of ether oxygens (including phenoxy) is 2. The van der Waals surface area contributed by atoms with Gasteiger partial charge in [0.2, 0.25) is 0 Å². The Hall–Kier alpha value is -1.62. The van der Waals surface area contributed by atoms with Crippen LogP contribution in [0, 0.1) is 17.8 Å². The minimum atomic E-state index is -0.589. The summed E-state index contributed by atoms with van der Waals surface area (Å²) in [6, 6.07) is 0. The molecule has 1 heterocycles. The van der Waals surface area contributed by atoms with Gasteiger partial charge in [0.15, 0.2) is 0 Å². The Morgan fingerprint density at radius 3 is 2.92 bits per heavy atom. The van der Waals surface area contributed by atoms with Crippen molar-refractivity contribution in [3.8, 4) is 0 Å². The third kappa shape index (κ3) is 4.32. The van der Waals surface area contributed by atoms with E-state index in [-0.39, 0.29) is 36.5 Å². The Balaban J connectivity index is 1.70. The van der Waals surface area contributed by atoms with Crippen molar-refractivity contribution in [3.63, 3.8) is 0 Å². The Labute approximate surface area is 149 Å². The Morgan fingerprint density at radius 2 is 2.20 bits per heavy atom. The lowest BCUT2D eigenvalue weighted by Crippen LogP contribution is -2.40. The Bertz CT molecular complexity index is 579. The monoisotopic (exact) mass is 348 g/mol. The van der Waals surface area contributed by atoms with Crippen molar-refractivity contribution in [3.05, 3.63) is 23.8 Å². The molecule has 6 unspecified atom stereocenters. The zero-order valence-corrected chi connectivity index (χ0v) is 15.0. The SMILES string of the molecule is CC(=O)OC1CCC=C2C=CC(C)C(CCC3CC(O)CC(=O)O3)C21. The van der Waals surface area contributed by atoms with Crippen LogP contribution in [0.15, 0.2) is 23.8 Å². The van der Waals surface area contributed by atoms with E-state index in [1.807, 2.05) is 0 Å². The van der Waals surface area contributed by atoms with Gasteiger partial charge in [-0.2, -0.15) is 0 Å². The first-order valence-electron chi connectivity index (χ1n) is 9.37. The highest BCUT2D eigenvalue weighted by molar-refractivity contribution is 5.71. The molecule has 0 spiro atoms. The van der Waals surface area contributed by atoms with Crippen LogP contribution in [-0.2, 0) is 19.1 Å². The van der Waals surface area contributed by atoms with E-state index < -0.39 is 6.10 Å². The van der Waals surface area contributed by atoms with Crippen LogP contribution in [-0.4, -0.2) is 35.4 Å². The molecule has 138 valence electrons. The van der Waals surface area contributed by atoms with Crippen molar-refractivity contribution < 1.29 is 24.2 Å². The number of hydrogen-bond acceptors (Lipinski definition) is 5. The van der Waals surface area contributed by atoms with Gasteiger partial charge in [0, 0.05) is 19.3 Å². The fraction of sp³-hybridized carbons (Fsp3) is 0.700. The van der Waals surface area contributed by atoms with Gasteiger partial charge in [-0.15, -0.1) is 0 Å². The van der Waals surface area contributed by atoms with Gasteiger partial charge < -0.3 is 14.6 Å². The third-order valence-electron chi connectivity index (χ3n) is 5.72. The molecule has 6 atom stereocenters. The lowest BCUT2D eigenvalue weighted by atomic mass is 9.66. The van der Waals surface area contributed by atoms with Crippen LogP contribution < -0.4 is 0 Å². The second-order valence-electron chi connectivity index (χ2n) is 7.62. The first-order valence-corrected chi connectivity index (χ1v) is 9.37. The maximum absolute atomic E-state index is 11.5. The summed E-state index contributed by atoms with van der Waals surface area (Å²) in [4.78, 5) is 23.0. The molecule has 5 nitrogen and oxygen atoms in total. The largest absolute Gasteiger partial charge is 0.462 e. The molecule has 3 rings (SSSR count). The van der Waals surface area contributed by atoms with Gasteiger partial charge in [0.1, 0.15) is 12.2 Å². The number of aliphatic hydroxyl groups is 1. The predicted octanol–water partition coefficient (Wildman–Crippen LogP) is 2.92. The zero-order chi connectivity index (χ0) is 18.0. The molecule has 0 aromatic heterocycles. The Kier molecular flexibility index (Phi) is 5.62. The van der Waals surface area contributed by atoms with Gasteiger partial charge >= 0.3 is 11.9 Å². The van der Waals surface area contributed by atoms with E-state index in [4.69, 9.17) is 9.47 Å². The maximum atomic E-state index is 11.5. The molecular formula is C20H28O5. The first kappa shape index (κ1) is 18.2. The Morgan fingerprint density at radius 1 is 1.40 bits per heavy atom. The number of aliphatic hydroxyl groups excluding tert-OH is 1. The number of carbonyl (C=O) groups excluding carboxylic acids is 2. The highest BCUT2D eigenvalue weighted by Crippen LogP contribution is 2.44. The smallest absolute Gasteiger partial charge is 0.308 e. The van der Waals surface area contributed by atoms with Crippen LogP contribution in [0.25, 0.3) is 0 Å². The molecule has 1 N–H and O–H groups in total. The van der Waals surface area contributed by atoms with Crippen LogP contribution in [0.1, 0.15) is 52.4 Å². The molecule has 0 aromatic carbocycles. The molecule has 2 aliphatic carbocycles. The summed E-state index contributed by atoms with van der Waals surface area (Å²) in [6.07, 6.45) is 9.82. The van der Waals surface area contributed by atoms with E-state index >= 15 is 0 Å². The molecule has 0 aromatic rings. The molecule has 0 bridgehead atoms. The lowest BCUT2D eigenvalue weighted by Gasteiger charge is -2.42. The summed E-state index contributed by atoms with van der Waals surface area (Å²) in [6.45, 7) is 3.66. The normalized spacial score (nSPS) is 37.7. The summed E-state index contributed by atoms with van der Waals surface area (Å²) in [7, 11) is 0. The molecule has 0 radical (unpaired) electrons. The standard InChI is InChI=1S/C20H28O5/c1-12-6-7-14-4-3-5-18(24-13(2)21)20(14)17(12)9-8-16-10-15(22)11-19(23)25-16/h4,6-7,12,15-18,20,22H,3,5,8-11H2,1-2H3. The van der Waals surface area contributed by atoms with E-state index in [1.54, 1.807) is 0 Å². The quantitative estimate of drug-likeness (QED) is 0.791. The molecule has 0 saturated carbocycles. The van der Waals surface area contributed by atoms with Crippen molar-refractivity contribution in [2.24, 2.45) is 17.8 Å². The zero-order valence-electron chi connectivity index (χ0n) is 15.0. The second-order valence-corrected chi connectivity index (χ2v) is 7.62. The average Bonchev–Trinajstić information content (AvgIpc) is 2.53. The molecule has 1 aliphatic heterocycles. The van der Waals surface area contributed by atoms with Gasteiger partial charge in [-0.3, -0.25) is 9.59 Å². The molecule has 1 fully saturated rings. The molecule has 5 heteroatoms. The number of rotatable bonds is 4. The highest BCUT2D eigenvalue weighted by Gasteiger charge is 2.40. The van der Waals surface area contributed by atoms with Crippen LogP contribution >= 0.6 is 0 Å². The fourth-order valence-corrected chi connectivity index (χ4v) is 4.58. The molecular weight excluding hydrogens is 320 g/mol. The van der Waals surface area contributed by atoms with Gasteiger partial charge in [-0.05, 0) is 43.1 Å². The van der Waals surface area contributed by atoms with Gasteiger partial charge in [0.25, 0.3) is 0 Å². The van der Waals surface area contributed by atoms with Crippen LogP contribution in [0.2, 0.25) is 0 Å². The van der Waals surface area contributed by atoms with Crippen molar-refractivity contribution in [2.75, 3.05) is 0 Å². The summed E-state index contributed by atoms with van der Waals surface area (Å²) >= 11 is 0. The summed E-state index contributed by atoms with van der Waals surface area (Å²) in [5, 5.41) is 9.79. The fourth-order valence-electron chi connectivity index (χ4n) is 4.58. The third-order valence-corrected chi connectivity index (χ3v) is 5.72. The number of hydrogen-bond donors (Lipinski definition) is 1. The molecule has 3 aliphatic rings. The highest BCUT2D eigenvalue weighted by atomic mass is 16.5. The number of cyclic esters (lactones) is 1. The van der Waals surface area contributed by atoms with Gasteiger partial charge in [0.05, 0.1) is 12.5 Å². The minimum absolute atomic E-state index is 0.0746. The number of allylic oxidation sites excluding steroid dienone is 3. The topological polar surface area (TPSA) is 72.8 Å². The van der Waals surface area contributed by atoms with Crippen molar-refractivity contribution in [1.82, 2.24) is 0 Å². The van der Waals surface area contributed by atoms with Crippen LogP contribution in [0.4, 0.5) is 0 Å². The summed E-state index contributed by atoms with van der Waals surface area (Å²) in [5.41, 5.74) is 1.27. The summed E-state index contributed by atoms with van der Waals surface area (Å²) in [5.74, 6) is 0.399. The predicted molar refractivity (Wildman–Crippen MR) is 92.5 cm³/mol. The van der Waals surface area contributed by atoms with Crippen LogP contribution in [0.3, 0.4) is 0 Å². The van der Waals surface area contributed by atoms with Gasteiger partial charge in [-0.25, -0.2) is 0 Å². The molecule has 25 heavy (non-hydrogen) atoms. The second kappa shape index (κ2) is 7.73. The van der Waals surface area contributed by atoms with E-state index in [9.17, 15) is 14.7 Å². The molecule has 1 saturated heterocycles. The average molecular weight is 348 g/mol. The maximum Gasteiger partial charge on any atom is 0.308 e. The van der Waals surface area contributed by atoms with E-state index in [0.717, 1.165) is 25.7 Å². The van der Waals surface area contributed by atoms with Crippen molar-refractivity contribution in [2.45, 2.75) is 70.7 Å². The van der Waals surface area contributed by atoms with Crippen molar-refractivity contribution >= 4 is 11.9 Å². The van der Waals surface area contributed by atoms with Crippen molar-refractivity contribution in [1.29, 1.82) is 0 Å². The van der Waals surface area contributed by atoms with E-state index in [0.29, 0.717) is 18.3 Å². The van der Waals surface area contributed by atoms with E-state index in [1.165, 1.54) is 12.5 Å². The number of fused-ring (bicyclic) bond motifs is 1. The number of esters is 2. The van der Waals surface area contributed by atoms with Crippen LogP contribution in [0.5, 0.6) is 0 Å². The lowest BCUT2D eigenvalue weighted by molar-refractivity contribution is -0.161. The van der Waals surface area contributed by atoms with E-state index in [2.05, 4.69) is 25.2 Å². The minimum Gasteiger partial charge on any atom is -0.462 e. The number of carbonyl (C=O) groups is 2. The molecule has 0 amide bonds. The summed E-state index contributed by atoms with van der Waals surface area (Å²) < 4.78 is 11.0.